The topological polar surface area (TPSA) is 270 Å². The quantitative estimate of drug-likeness (QED) is 0.0385. The van der Waals surface area contributed by atoms with Gasteiger partial charge in [0.1, 0.15) is 34.5 Å². The number of anilines is 2. The Morgan fingerprint density at radius 1 is 0.429 bits per heavy atom. The minimum Gasteiger partial charge on any atom is -0.444 e. The van der Waals surface area contributed by atoms with Crippen LogP contribution in [0, 0.1) is 0 Å². The fourth-order valence-corrected chi connectivity index (χ4v) is 6.92. The first-order valence-corrected chi connectivity index (χ1v) is 23.8. The number of fused-ring (bicyclic) bond motifs is 2. The zero-order valence-corrected chi connectivity index (χ0v) is 43.0. The predicted octanol–water partition coefficient (Wildman–Crippen LogP) is 6.69. The van der Waals surface area contributed by atoms with Crippen LogP contribution in [-0.4, -0.2) is 122 Å². The number of hydrogen-bond acceptors (Lipinski definition) is 14. The summed E-state index contributed by atoms with van der Waals surface area (Å²) in [5.74, 6) is -1.70. The van der Waals surface area contributed by atoms with Gasteiger partial charge in [0.2, 0.25) is 11.8 Å². The van der Waals surface area contributed by atoms with Crippen LogP contribution in [0.15, 0.2) is 36.4 Å². The van der Waals surface area contributed by atoms with Gasteiger partial charge >= 0.3 is 24.4 Å². The van der Waals surface area contributed by atoms with E-state index in [0.29, 0.717) is 50.1 Å². The Morgan fingerprint density at radius 3 is 1.09 bits per heavy atom. The van der Waals surface area contributed by atoms with Crippen molar-refractivity contribution in [1.82, 2.24) is 31.9 Å². The third-order valence-electron chi connectivity index (χ3n) is 9.75. The predicted molar refractivity (Wildman–Crippen MR) is 265 cm³/mol. The van der Waals surface area contributed by atoms with Crippen LogP contribution in [-0.2, 0) is 28.5 Å². The molecule has 2 aromatic rings. The molecule has 0 bridgehead atoms. The summed E-state index contributed by atoms with van der Waals surface area (Å²) in [4.78, 5) is 105. The molecule has 70 heavy (non-hydrogen) atoms. The van der Waals surface area contributed by atoms with Gasteiger partial charge in [0.05, 0.1) is 11.1 Å². The number of rotatable bonds is 22. The zero-order chi connectivity index (χ0) is 52.5. The SMILES string of the molecule is CC(C)(C)OC(=O)NCCCC[C@H](NC(=O)OC(C)(C)C)C(=O)NCCNc1ccc(NCCNC(=O)[C@H](CCCCNC(=O)OC(C)(C)C)NC(=O)OC(C)(C)C)c2c1C(=O)c1ccccc1C2=O. The van der Waals surface area contributed by atoms with E-state index < -0.39 is 70.7 Å². The molecule has 2 aromatic carbocycles. The van der Waals surface area contributed by atoms with Crippen molar-refractivity contribution in [2.75, 3.05) is 49.9 Å². The summed E-state index contributed by atoms with van der Waals surface area (Å²) >= 11 is 0. The molecule has 8 N–H and O–H groups in total. The lowest BCUT2D eigenvalue weighted by atomic mass is 9.82. The van der Waals surface area contributed by atoms with Crippen molar-refractivity contribution in [2.24, 2.45) is 0 Å². The highest BCUT2D eigenvalue weighted by atomic mass is 16.6. The second-order valence-corrected chi connectivity index (χ2v) is 20.8. The van der Waals surface area contributed by atoms with Crippen molar-refractivity contribution < 1.29 is 57.3 Å². The number of ether oxygens (including phenoxy) is 4. The molecule has 1 aliphatic rings. The number of carbonyl (C=O) groups is 8. The molecule has 6 amide bonds. The Hall–Kier alpha value is -6.60. The van der Waals surface area contributed by atoms with Gasteiger partial charge in [0.15, 0.2) is 11.6 Å². The Bertz CT molecular complexity index is 2020. The van der Waals surface area contributed by atoms with Gasteiger partial charge in [-0.3, -0.25) is 19.2 Å². The monoisotopic (exact) mass is 981 g/mol. The summed E-state index contributed by atoms with van der Waals surface area (Å²) in [6.45, 7) is 21.9. The van der Waals surface area contributed by atoms with Crippen molar-refractivity contribution in [3.8, 4) is 0 Å². The molecule has 1 aliphatic carbocycles. The van der Waals surface area contributed by atoms with E-state index in [1.807, 2.05) is 0 Å². The summed E-state index contributed by atoms with van der Waals surface area (Å²) in [6.07, 6.45) is -0.174. The molecule has 20 nitrogen and oxygen atoms in total. The maximum absolute atomic E-state index is 14.1. The molecule has 0 heterocycles. The van der Waals surface area contributed by atoms with Gasteiger partial charge in [-0.25, -0.2) is 19.2 Å². The van der Waals surface area contributed by atoms with Crippen LogP contribution in [0.1, 0.15) is 153 Å². The van der Waals surface area contributed by atoms with E-state index in [1.54, 1.807) is 119 Å². The van der Waals surface area contributed by atoms with E-state index in [-0.39, 0.29) is 72.8 Å². The molecule has 0 aromatic heterocycles. The average molecular weight is 981 g/mol. The van der Waals surface area contributed by atoms with Crippen molar-refractivity contribution in [3.63, 3.8) is 0 Å². The Morgan fingerprint density at radius 2 is 0.757 bits per heavy atom. The number of carbonyl (C=O) groups excluding carboxylic acids is 8. The second-order valence-electron chi connectivity index (χ2n) is 20.8. The Labute approximate surface area is 411 Å². The van der Waals surface area contributed by atoms with Gasteiger partial charge < -0.3 is 61.5 Å². The summed E-state index contributed by atoms with van der Waals surface area (Å²) in [6, 6.07) is 7.91. The van der Waals surface area contributed by atoms with Crippen LogP contribution in [0.5, 0.6) is 0 Å². The smallest absolute Gasteiger partial charge is 0.408 e. The van der Waals surface area contributed by atoms with Gasteiger partial charge in [0.25, 0.3) is 0 Å². The first-order chi connectivity index (χ1) is 32.5. The fourth-order valence-electron chi connectivity index (χ4n) is 6.92. The highest BCUT2D eigenvalue weighted by Crippen LogP contribution is 2.36. The van der Waals surface area contributed by atoms with Crippen LogP contribution in [0.25, 0.3) is 0 Å². The molecule has 0 saturated carbocycles. The molecule has 0 radical (unpaired) electrons. The third-order valence-corrected chi connectivity index (χ3v) is 9.75. The van der Waals surface area contributed by atoms with Crippen LogP contribution in [0.4, 0.5) is 30.6 Å². The molecule has 0 fully saturated rings. The van der Waals surface area contributed by atoms with Crippen molar-refractivity contribution in [3.05, 3.63) is 58.7 Å². The summed E-state index contributed by atoms with van der Waals surface area (Å²) in [7, 11) is 0. The number of hydrogen-bond donors (Lipinski definition) is 8. The lowest BCUT2D eigenvalue weighted by Gasteiger charge is -2.25. The van der Waals surface area contributed by atoms with Gasteiger partial charge in [-0.15, -0.1) is 0 Å². The maximum Gasteiger partial charge on any atom is 0.408 e. The van der Waals surface area contributed by atoms with E-state index in [2.05, 4.69) is 42.5 Å². The number of amides is 6. The third kappa shape index (κ3) is 21.0. The molecule has 0 unspecified atom stereocenters. The lowest BCUT2D eigenvalue weighted by Crippen LogP contribution is -2.49. The van der Waals surface area contributed by atoms with Crippen molar-refractivity contribution in [2.45, 2.75) is 156 Å². The summed E-state index contributed by atoms with van der Waals surface area (Å²) in [5, 5.41) is 22.7. The number of benzene rings is 2. The standard InChI is InChI=1S/C50H76N8O12/c1-47(2,3)67-43(63)55-25-17-15-21-35(57-45(65)69-49(7,8)9)41(61)53-29-27-51-33-23-24-34(38-37(33)39(59)31-19-13-14-20-32(31)40(38)60)52-28-30-54-42(62)36(58-46(66)70-50(10,11)12)22-16-18-26-56-44(64)68-48(4,5)6/h13-14,19-20,23-24,35-36,51-52H,15-18,21-22,25-30H2,1-12H3,(H,53,61)(H,54,62)(H,55,63)(H,56,64)(H,57,65)(H,58,66)/t35-,36-/m0/s1. The van der Waals surface area contributed by atoms with Crippen molar-refractivity contribution >= 4 is 59.1 Å². The highest BCUT2D eigenvalue weighted by molar-refractivity contribution is 6.32. The van der Waals surface area contributed by atoms with Crippen LogP contribution in [0.2, 0.25) is 0 Å². The van der Waals surface area contributed by atoms with E-state index in [0.717, 1.165) is 0 Å². The first kappa shape index (κ1) is 57.7. The van der Waals surface area contributed by atoms with Crippen LogP contribution >= 0.6 is 0 Å². The molecule has 388 valence electrons. The normalized spacial score (nSPS) is 13.3. The molecular weight excluding hydrogens is 905 g/mol. The van der Waals surface area contributed by atoms with Crippen LogP contribution in [0.3, 0.4) is 0 Å². The Kier molecular flexibility index (Phi) is 21.3. The van der Waals surface area contributed by atoms with Gasteiger partial charge in [-0.2, -0.15) is 0 Å². The van der Waals surface area contributed by atoms with Crippen molar-refractivity contribution in [1.29, 1.82) is 0 Å². The average Bonchev–Trinajstić information content (AvgIpc) is 3.22. The minimum absolute atomic E-state index is 0.0749. The molecule has 0 spiro atoms. The number of unbranched alkanes of at least 4 members (excludes halogenated alkanes) is 2. The van der Waals surface area contributed by atoms with Gasteiger partial charge in [0, 0.05) is 61.8 Å². The number of nitrogens with one attached hydrogen (secondary N) is 8. The molecule has 0 saturated heterocycles. The van der Waals surface area contributed by atoms with E-state index >= 15 is 0 Å². The molecular formula is C50H76N8O12. The minimum atomic E-state index is -0.957. The first-order valence-electron chi connectivity index (χ1n) is 23.8. The van der Waals surface area contributed by atoms with Gasteiger partial charge in [-0.05, 0) is 134 Å². The fraction of sp³-hybridized carbons (Fsp3) is 0.600. The van der Waals surface area contributed by atoms with E-state index in [1.165, 1.54) is 0 Å². The highest BCUT2D eigenvalue weighted by Gasteiger charge is 2.34. The number of alkyl carbamates (subject to hydrolysis) is 4. The second kappa shape index (κ2) is 25.8. The molecule has 20 heteroatoms. The van der Waals surface area contributed by atoms with Crippen LogP contribution < -0.4 is 42.5 Å². The van der Waals surface area contributed by atoms with E-state index in [4.69, 9.17) is 18.9 Å². The summed E-state index contributed by atoms with van der Waals surface area (Å²) in [5.41, 5.74) is -1.44. The molecule has 2 atom stereocenters. The maximum atomic E-state index is 14.1. The van der Waals surface area contributed by atoms with E-state index in [9.17, 15) is 38.4 Å². The summed E-state index contributed by atoms with van der Waals surface area (Å²) < 4.78 is 21.3. The largest absolute Gasteiger partial charge is 0.444 e. The number of ketones is 2. The van der Waals surface area contributed by atoms with Gasteiger partial charge in [-0.1, -0.05) is 24.3 Å². The Balaban J connectivity index is 1.68. The lowest BCUT2D eigenvalue weighted by molar-refractivity contribution is -0.124. The molecule has 0 aliphatic heterocycles. The molecule has 3 rings (SSSR count). The zero-order valence-electron chi connectivity index (χ0n) is 43.0.